The number of nitrogens with one attached hydrogen (secondary N) is 1. The molecular formula is C21H22BrN3O4S. The van der Waals surface area contributed by atoms with E-state index in [1.165, 1.54) is 12.1 Å². The molecule has 0 unspecified atom stereocenters. The molecule has 0 spiro atoms. The third-order valence-corrected chi connectivity index (χ3v) is 6.07. The van der Waals surface area contributed by atoms with Crippen molar-refractivity contribution in [1.29, 1.82) is 0 Å². The summed E-state index contributed by atoms with van der Waals surface area (Å²) in [6.45, 7) is 0.842. The molecule has 158 valence electrons. The molecule has 0 saturated heterocycles. The average molecular weight is 492 g/mol. The molecule has 3 aromatic rings. The maximum atomic E-state index is 12.6. The lowest BCUT2D eigenvalue weighted by Crippen LogP contribution is -2.29. The third-order valence-electron chi connectivity index (χ3n) is 4.44. The zero-order chi connectivity index (χ0) is 21.7. The van der Waals surface area contributed by atoms with Gasteiger partial charge in [0.1, 0.15) is 11.4 Å². The van der Waals surface area contributed by atoms with E-state index in [0.29, 0.717) is 36.7 Å². The normalized spacial score (nSPS) is 11.3. The van der Waals surface area contributed by atoms with Crippen molar-refractivity contribution in [3.63, 3.8) is 0 Å². The molecule has 1 heterocycles. The first-order valence-corrected chi connectivity index (χ1v) is 11.9. The number of carbonyl (C=O) groups is 1. The Balaban J connectivity index is 1.51. The first-order valence-electron chi connectivity index (χ1n) is 9.24. The second kappa shape index (κ2) is 9.44. The lowest BCUT2D eigenvalue weighted by molar-refractivity contribution is 0.0782. The number of aromatic amines is 1. The number of H-pyrrole nitrogens is 1. The van der Waals surface area contributed by atoms with Gasteiger partial charge in [0, 0.05) is 29.9 Å². The number of benzene rings is 2. The molecule has 0 aliphatic heterocycles. The second-order valence-electron chi connectivity index (χ2n) is 6.85. The van der Waals surface area contributed by atoms with Gasteiger partial charge in [0.15, 0.2) is 9.84 Å². The summed E-state index contributed by atoms with van der Waals surface area (Å²) in [6.07, 6.45) is 1.75. The lowest BCUT2D eigenvalue weighted by Gasteiger charge is -2.16. The number of halogens is 1. The number of aromatic nitrogens is 2. The summed E-state index contributed by atoms with van der Waals surface area (Å²) in [7, 11) is -1.56. The van der Waals surface area contributed by atoms with Crippen LogP contribution in [0, 0.1) is 0 Å². The van der Waals surface area contributed by atoms with Gasteiger partial charge in [0.25, 0.3) is 5.91 Å². The van der Waals surface area contributed by atoms with Gasteiger partial charge < -0.3 is 9.64 Å². The van der Waals surface area contributed by atoms with Gasteiger partial charge in [-0.3, -0.25) is 9.89 Å². The van der Waals surface area contributed by atoms with Gasteiger partial charge in [-0.15, -0.1) is 0 Å². The predicted octanol–water partition coefficient (Wildman–Crippen LogP) is 3.78. The largest absolute Gasteiger partial charge is 0.493 e. The van der Waals surface area contributed by atoms with Gasteiger partial charge in [-0.25, -0.2) is 8.42 Å². The molecule has 9 heteroatoms. The Morgan fingerprint density at radius 1 is 1.17 bits per heavy atom. The number of carbonyl (C=O) groups excluding carboxylic acids is 1. The Hall–Kier alpha value is -2.65. The van der Waals surface area contributed by atoms with Crippen molar-refractivity contribution in [2.24, 2.45) is 0 Å². The minimum absolute atomic E-state index is 0.162. The predicted molar refractivity (Wildman–Crippen MR) is 118 cm³/mol. The zero-order valence-electron chi connectivity index (χ0n) is 16.6. The Morgan fingerprint density at radius 2 is 1.90 bits per heavy atom. The molecule has 0 aliphatic carbocycles. The molecule has 0 atom stereocenters. The molecule has 0 radical (unpaired) electrons. The van der Waals surface area contributed by atoms with E-state index >= 15 is 0 Å². The van der Waals surface area contributed by atoms with Crippen molar-refractivity contribution in [3.05, 3.63) is 64.8 Å². The average Bonchev–Trinajstić information content (AvgIpc) is 3.21. The molecule has 1 aromatic heterocycles. The van der Waals surface area contributed by atoms with Crippen LogP contribution in [-0.2, 0) is 9.84 Å². The first-order chi connectivity index (χ1) is 14.2. The highest BCUT2D eigenvalue weighted by atomic mass is 79.9. The van der Waals surface area contributed by atoms with Gasteiger partial charge in [-0.05, 0) is 42.8 Å². The highest BCUT2D eigenvalue weighted by molar-refractivity contribution is 9.10. The van der Waals surface area contributed by atoms with Crippen molar-refractivity contribution < 1.29 is 17.9 Å². The Morgan fingerprint density at radius 3 is 2.60 bits per heavy atom. The molecule has 3 rings (SSSR count). The fourth-order valence-electron chi connectivity index (χ4n) is 2.79. The summed E-state index contributed by atoms with van der Waals surface area (Å²) in [5.41, 5.74) is 2.03. The topological polar surface area (TPSA) is 92.4 Å². The molecule has 1 amide bonds. The molecule has 7 nitrogen and oxygen atoms in total. The van der Waals surface area contributed by atoms with Crippen molar-refractivity contribution in [2.45, 2.75) is 11.3 Å². The van der Waals surface area contributed by atoms with E-state index in [4.69, 9.17) is 4.74 Å². The Labute approximate surface area is 184 Å². The Bertz CT molecular complexity index is 1130. The zero-order valence-corrected chi connectivity index (χ0v) is 19.0. The van der Waals surface area contributed by atoms with Crippen molar-refractivity contribution in [3.8, 4) is 17.0 Å². The van der Waals surface area contributed by atoms with E-state index in [1.54, 1.807) is 30.1 Å². The number of hydrogen-bond donors (Lipinski definition) is 1. The standard InChI is InChI=1S/C21H22BrN3O4S/c1-25(11-4-12-29-17-5-3-6-18(13-17)30(2,27)28)21(26)20-14-19(23-24-20)15-7-9-16(22)10-8-15/h3,5-10,13-14H,4,11-12H2,1-2H3,(H,23,24). The van der Waals surface area contributed by atoms with Crippen molar-refractivity contribution in [1.82, 2.24) is 15.1 Å². The number of sulfone groups is 1. The van der Waals surface area contributed by atoms with E-state index < -0.39 is 9.84 Å². The van der Waals surface area contributed by atoms with Crippen LogP contribution >= 0.6 is 15.9 Å². The number of nitrogens with zero attached hydrogens (tertiary/aromatic N) is 2. The molecule has 0 fully saturated rings. The summed E-state index contributed by atoms with van der Waals surface area (Å²) >= 11 is 3.40. The molecular weight excluding hydrogens is 470 g/mol. The Kier molecular flexibility index (Phi) is 6.94. The minimum atomic E-state index is -3.28. The summed E-state index contributed by atoms with van der Waals surface area (Å²) < 4.78 is 29.8. The maximum absolute atomic E-state index is 12.6. The number of hydrogen-bond acceptors (Lipinski definition) is 5. The number of rotatable bonds is 8. The summed E-state index contributed by atoms with van der Waals surface area (Å²) in [5.74, 6) is 0.324. The van der Waals surface area contributed by atoms with E-state index in [9.17, 15) is 13.2 Å². The van der Waals surface area contributed by atoms with Gasteiger partial charge >= 0.3 is 0 Å². The summed E-state index contributed by atoms with van der Waals surface area (Å²) in [4.78, 5) is 14.4. The van der Waals surface area contributed by atoms with Crippen LogP contribution in [0.15, 0.2) is 64.0 Å². The fraction of sp³-hybridized carbons (Fsp3) is 0.238. The molecule has 0 bridgehead atoms. The lowest BCUT2D eigenvalue weighted by atomic mass is 10.1. The van der Waals surface area contributed by atoms with Crippen LogP contribution in [0.25, 0.3) is 11.3 Å². The van der Waals surface area contributed by atoms with E-state index in [2.05, 4.69) is 26.1 Å². The fourth-order valence-corrected chi connectivity index (χ4v) is 3.71. The van der Waals surface area contributed by atoms with Crippen LogP contribution < -0.4 is 4.74 Å². The summed E-state index contributed by atoms with van der Waals surface area (Å²) in [6, 6.07) is 15.8. The molecule has 2 aromatic carbocycles. The maximum Gasteiger partial charge on any atom is 0.271 e. The second-order valence-corrected chi connectivity index (χ2v) is 9.78. The van der Waals surface area contributed by atoms with Crippen LogP contribution in [-0.4, -0.2) is 55.9 Å². The molecule has 0 saturated carbocycles. The van der Waals surface area contributed by atoms with E-state index in [1.807, 2.05) is 24.3 Å². The number of ether oxygens (including phenoxy) is 1. The highest BCUT2D eigenvalue weighted by Gasteiger charge is 2.15. The molecule has 1 N–H and O–H groups in total. The van der Waals surface area contributed by atoms with E-state index in [-0.39, 0.29) is 10.8 Å². The molecule has 30 heavy (non-hydrogen) atoms. The minimum Gasteiger partial charge on any atom is -0.493 e. The first kappa shape index (κ1) is 22.0. The van der Waals surface area contributed by atoms with Crippen LogP contribution in [0.5, 0.6) is 5.75 Å². The van der Waals surface area contributed by atoms with Gasteiger partial charge in [0.2, 0.25) is 0 Å². The number of amides is 1. The van der Waals surface area contributed by atoms with Crippen molar-refractivity contribution in [2.75, 3.05) is 26.5 Å². The van der Waals surface area contributed by atoms with Gasteiger partial charge in [0.05, 0.1) is 17.2 Å². The van der Waals surface area contributed by atoms with E-state index in [0.717, 1.165) is 16.3 Å². The smallest absolute Gasteiger partial charge is 0.271 e. The quantitative estimate of drug-likeness (QED) is 0.484. The summed E-state index contributed by atoms with van der Waals surface area (Å²) in [5, 5.41) is 7.02. The van der Waals surface area contributed by atoms with Crippen LogP contribution in [0.3, 0.4) is 0 Å². The van der Waals surface area contributed by atoms with Gasteiger partial charge in [-0.2, -0.15) is 5.10 Å². The highest BCUT2D eigenvalue weighted by Crippen LogP contribution is 2.21. The van der Waals surface area contributed by atoms with Gasteiger partial charge in [-0.1, -0.05) is 34.1 Å². The SMILES string of the molecule is CN(CCCOc1cccc(S(C)(=O)=O)c1)C(=O)c1cc(-c2ccc(Br)cc2)n[nH]1. The van der Waals surface area contributed by atoms with Crippen LogP contribution in [0.4, 0.5) is 0 Å². The third kappa shape index (κ3) is 5.70. The van der Waals surface area contributed by atoms with Crippen LogP contribution in [0.1, 0.15) is 16.9 Å². The van der Waals surface area contributed by atoms with Crippen LogP contribution in [0.2, 0.25) is 0 Å². The molecule has 0 aliphatic rings. The monoisotopic (exact) mass is 491 g/mol. The van der Waals surface area contributed by atoms with Crippen molar-refractivity contribution >= 4 is 31.7 Å².